The fourth-order valence-corrected chi connectivity index (χ4v) is 2.15. The fourth-order valence-electron chi connectivity index (χ4n) is 2.15. The number of nitrogens with one attached hydrogen (secondary N) is 2. The molecule has 0 spiro atoms. The number of nitrogens with zero attached hydrogens (tertiary/aromatic N) is 2. The van der Waals surface area contributed by atoms with Gasteiger partial charge in [-0.3, -0.25) is 4.79 Å². The van der Waals surface area contributed by atoms with E-state index in [9.17, 15) is 4.79 Å². The first-order valence-corrected chi connectivity index (χ1v) is 6.92. The van der Waals surface area contributed by atoms with E-state index in [0.717, 1.165) is 25.2 Å². The van der Waals surface area contributed by atoms with Gasteiger partial charge in [0.05, 0.1) is 0 Å². The van der Waals surface area contributed by atoms with E-state index in [-0.39, 0.29) is 5.56 Å². The van der Waals surface area contributed by atoms with Gasteiger partial charge in [-0.25, -0.2) is 4.98 Å². The first kappa shape index (κ1) is 15.7. The lowest BCUT2D eigenvalue weighted by atomic mass is 10.0. The second kappa shape index (κ2) is 7.28. The van der Waals surface area contributed by atoms with Crippen molar-refractivity contribution in [2.75, 3.05) is 26.0 Å². The number of hydrogen-bond acceptors (Lipinski definition) is 4. The highest BCUT2D eigenvalue weighted by Crippen LogP contribution is 2.11. The van der Waals surface area contributed by atoms with Crippen molar-refractivity contribution >= 4 is 5.82 Å². The molecule has 1 atom stereocenters. The van der Waals surface area contributed by atoms with Gasteiger partial charge < -0.3 is 15.2 Å². The van der Waals surface area contributed by atoms with Gasteiger partial charge in [0.15, 0.2) is 0 Å². The highest BCUT2D eigenvalue weighted by Gasteiger charge is 2.13. The monoisotopic (exact) mass is 266 g/mol. The van der Waals surface area contributed by atoms with Gasteiger partial charge in [-0.1, -0.05) is 20.8 Å². The molecular weight excluding hydrogens is 240 g/mol. The maximum Gasteiger partial charge on any atom is 0.252 e. The van der Waals surface area contributed by atoms with Crippen molar-refractivity contribution in [1.82, 2.24) is 14.9 Å². The van der Waals surface area contributed by atoms with Crippen LogP contribution in [0.3, 0.4) is 0 Å². The molecule has 0 aliphatic carbocycles. The molecule has 108 valence electrons. The second-order valence-electron chi connectivity index (χ2n) is 5.66. The fraction of sp³-hybridized carbons (Fsp3) is 0.714. The second-order valence-corrected chi connectivity index (χ2v) is 5.66. The smallest absolute Gasteiger partial charge is 0.252 e. The molecule has 0 aliphatic heterocycles. The van der Waals surface area contributed by atoms with Crippen molar-refractivity contribution in [2.24, 2.45) is 5.92 Å². The van der Waals surface area contributed by atoms with E-state index in [1.54, 1.807) is 0 Å². The number of aromatic amines is 1. The average molecular weight is 266 g/mol. The molecule has 2 N–H and O–H groups in total. The molecule has 5 heteroatoms. The molecule has 1 aromatic heterocycles. The number of hydrogen-bond donors (Lipinski definition) is 2. The first-order valence-electron chi connectivity index (χ1n) is 6.92. The molecule has 0 saturated heterocycles. The van der Waals surface area contributed by atoms with Gasteiger partial charge in [-0.15, -0.1) is 0 Å². The highest BCUT2D eigenvalue weighted by molar-refractivity contribution is 5.34. The molecule has 1 rings (SSSR count). The molecule has 1 unspecified atom stereocenters. The van der Waals surface area contributed by atoms with E-state index < -0.39 is 0 Å². The molecular formula is C14H26N4O. The van der Waals surface area contributed by atoms with E-state index in [1.807, 2.05) is 6.92 Å². The number of H-pyrrole nitrogens is 1. The Morgan fingerprint density at radius 1 is 1.42 bits per heavy atom. The van der Waals surface area contributed by atoms with Crippen molar-refractivity contribution in [3.8, 4) is 0 Å². The summed E-state index contributed by atoms with van der Waals surface area (Å²) in [6, 6.07) is 1.83. The average Bonchev–Trinajstić information content (AvgIpc) is 2.26. The number of rotatable bonds is 7. The predicted molar refractivity (Wildman–Crippen MR) is 79.7 cm³/mol. The van der Waals surface area contributed by atoms with Gasteiger partial charge in [0.25, 0.3) is 5.56 Å². The number of anilines is 1. The van der Waals surface area contributed by atoms with Crippen LogP contribution in [0.5, 0.6) is 0 Å². The third kappa shape index (κ3) is 5.87. The van der Waals surface area contributed by atoms with E-state index in [2.05, 4.69) is 48.1 Å². The lowest BCUT2D eigenvalue weighted by Gasteiger charge is -2.24. The molecule has 0 amide bonds. The third-order valence-corrected chi connectivity index (χ3v) is 2.82. The number of likely N-dealkylation sites (N-methyl/N-ethyl adjacent to an activating group) is 1. The minimum Gasteiger partial charge on any atom is -0.366 e. The predicted octanol–water partition coefficient (Wildman–Crippen LogP) is 1.72. The van der Waals surface area contributed by atoms with Crippen molar-refractivity contribution in [1.29, 1.82) is 0 Å². The molecule has 1 heterocycles. The van der Waals surface area contributed by atoms with Crippen molar-refractivity contribution in [3.05, 3.63) is 22.2 Å². The van der Waals surface area contributed by atoms with E-state index in [0.29, 0.717) is 17.8 Å². The Balaban J connectivity index is 2.82. The largest absolute Gasteiger partial charge is 0.366 e. The summed E-state index contributed by atoms with van der Waals surface area (Å²) in [6.45, 7) is 7.31. The van der Waals surface area contributed by atoms with Crippen LogP contribution in [-0.4, -0.2) is 41.5 Å². The molecule has 1 aromatic rings. The minimum absolute atomic E-state index is 0.0949. The standard InChI is InChI=1S/C14H26N4O/c1-6-12-16-13(8-14(19)17-12)15-11(7-10(2)3)9-18(4)5/h8,10-11H,6-7,9H2,1-5H3,(H2,15,16,17,19). The number of aryl methyl sites for hydroxylation is 1. The van der Waals surface area contributed by atoms with E-state index in [4.69, 9.17) is 0 Å². The minimum atomic E-state index is -0.0949. The van der Waals surface area contributed by atoms with Crippen LogP contribution in [-0.2, 0) is 6.42 Å². The van der Waals surface area contributed by atoms with Gasteiger partial charge in [0.1, 0.15) is 11.6 Å². The molecule has 0 aromatic carbocycles. The van der Waals surface area contributed by atoms with Crippen LogP contribution in [0.15, 0.2) is 10.9 Å². The van der Waals surface area contributed by atoms with Crippen LogP contribution < -0.4 is 10.9 Å². The van der Waals surface area contributed by atoms with E-state index in [1.165, 1.54) is 6.07 Å². The molecule has 0 aliphatic rings. The maximum absolute atomic E-state index is 11.5. The first-order chi connectivity index (χ1) is 8.90. The number of aromatic nitrogens is 2. The molecule has 19 heavy (non-hydrogen) atoms. The zero-order valence-electron chi connectivity index (χ0n) is 12.7. The lowest BCUT2D eigenvalue weighted by molar-refractivity contribution is 0.356. The van der Waals surface area contributed by atoms with Gasteiger partial charge in [0, 0.05) is 25.1 Å². The SMILES string of the molecule is CCc1nc(NC(CC(C)C)CN(C)C)cc(=O)[nH]1. The third-order valence-electron chi connectivity index (χ3n) is 2.82. The van der Waals surface area contributed by atoms with Gasteiger partial charge >= 0.3 is 0 Å². The van der Waals surface area contributed by atoms with Crippen LogP contribution in [0.4, 0.5) is 5.82 Å². The summed E-state index contributed by atoms with van der Waals surface area (Å²) in [4.78, 5) is 20.9. The van der Waals surface area contributed by atoms with Crippen LogP contribution in [0.1, 0.15) is 33.0 Å². The summed E-state index contributed by atoms with van der Waals surface area (Å²) in [5, 5.41) is 3.38. The molecule has 0 saturated carbocycles. The van der Waals surface area contributed by atoms with Gasteiger partial charge in [-0.05, 0) is 26.4 Å². The normalized spacial score (nSPS) is 13.0. The quantitative estimate of drug-likeness (QED) is 0.789. The van der Waals surface area contributed by atoms with Crippen molar-refractivity contribution < 1.29 is 0 Å². The molecule has 0 bridgehead atoms. The maximum atomic E-state index is 11.5. The highest BCUT2D eigenvalue weighted by atomic mass is 16.1. The van der Waals surface area contributed by atoms with Crippen LogP contribution in [0, 0.1) is 5.92 Å². The topological polar surface area (TPSA) is 61.0 Å². The summed E-state index contributed by atoms with van der Waals surface area (Å²) < 4.78 is 0. The Kier molecular flexibility index (Phi) is 6.02. The Labute approximate surface area is 115 Å². The van der Waals surface area contributed by atoms with Crippen LogP contribution in [0.2, 0.25) is 0 Å². The summed E-state index contributed by atoms with van der Waals surface area (Å²) in [7, 11) is 4.11. The van der Waals surface area contributed by atoms with Gasteiger partial charge in [-0.2, -0.15) is 0 Å². The Morgan fingerprint density at radius 3 is 2.63 bits per heavy atom. The Hall–Kier alpha value is -1.36. The van der Waals surface area contributed by atoms with Crippen LogP contribution >= 0.6 is 0 Å². The molecule has 5 nitrogen and oxygen atoms in total. The van der Waals surface area contributed by atoms with Crippen LogP contribution in [0.25, 0.3) is 0 Å². The zero-order chi connectivity index (χ0) is 14.4. The van der Waals surface area contributed by atoms with E-state index >= 15 is 0 Å². The van der Waals surface area contributed by atoms with Gasteiger partial charge in [0.2, 0.25) is 0 Å². The zero-order valence-corrected chi connectivity index (χ0v) is 12.7. The summed E-state index contributed by atoms with van der Waals surface area (Å²) >= 11 is 0. The molecule has 0 radical (unpaired) electrons. The van der Waals surface area contributed by atoms with Crippen molar-refractivity contribution in [3.63, 3.8) is 0 Å². The Morgan fingerprint density at radius 2 is 2.11 bits per heavy atom. The summed E-state index contributed by atoms with van der Waals surface area (Å²) in [5.74, 6) is 2.00. The summed E-state index contributed by atoms with van der Waals surface area (Å²) in [5.41, 5.74) is -0.0949. The van der Waals surface area contributed by atoms with Crippen molar-refractivity contribution in [2.45, 2.75) is 39.7 Å². The lowest BCUT2D eigenvalue weighted by Crippen LogP contribution is -2.34. The summed E-state index contributed by atoms with van der Waals surface area (Å²) in [6.07, 6.45) is 1.78. The Bertz CT molecular complexity index is 429. The molecule has 0 fully saturated rings.